The van der Waals surface area contributed by atoms with E-state index in [9.17, 15) is 14.4 Å². The Labute approximate surface area is 69.3 Å². The molecule has 0 aliphatic carbocycles. The van der Waals surface area contributed by atoms with Gasteiger partial charge in [0.25, 0.3) is 0 Å². The normalized spacial score (nSPS) is 11.8. The van der Waals surface area contributed by atoms with E-state index in [0.717, 1.165) is 0 Å². The summed E-state index contributed by atoms with van der Waals surface area (Å²) in [7, 11) is 0. The fraction of sp³-hybridized carbons (Fsp3) is 0.500. The summed E-state index contributed by atoms with van der Waals surface area (Å²) in [6, 6.07) is -1.00. The molecule has 6 heteroatoms. The third-order valence-electron chi connectivity index (χ3n) is 1.13. The molecule has 0 heterocycles. The van der Waals surface area contributed by atoms with Crippen LogP contribution < -0.4 is 16.8 Å². The summed E-state index contributed by atoms with van der Waals surface area (Å²) in [5.41, 5.74) is 9.68. The number of carbonyl (C=O) groups is 3. The maximum absolute atomic E-state index is 10.6. The van der Waals surface area contributed by atoms with Gasteiger partial charge in [-0.3, -0.25) is 14.4 Å². The van der Waals surface area contributed by atoms with Crippen LogP contribution in [0.1, 0.15) is 13.3 Å². The average molecular weight is 173 g/mol. The van der Waals surface area contributed by atoms with E-state index in [1.807, 2.05) is 0 Å². The number of amides is 3. The van der Waals surface area contributed by atoms with Crippen molar-refractivity contribution in [2.24, 2.45) is 11.5 Å². The summed E-state index contributed by atoms with van der Waals surface area (Å²) in [5, 5.41) is 2.20. The molecule has 0 saturated heterocycles. The van der Waals surface area contributed by atoms with Crippen LogP contribution in [0.25, 0.3) is 0 Å². The minimum atomic E-state index is -1.00. The smallest absolute Gasteiger partial charge is 0.240 e. The molecule has 0 rings (SSSR count). The molecule has 0 aromatic carbocycles. The fourth-order valence-corrected chi connectivity index (χ4v) is 0.669. The summed E-state index contributed by atoms with van der Waals surface area (Å²) in [6.45, 7) is 1.22. The summed E-state index contributed by atoms with van der Waals surface area (Å²) >= 11 is 0. The molecule has 0 radical (unpaired) electrons. The molecule has 0 spiro atoms. The third kappa shape index (κ3) is 4.26. The Morgan fingerprint density at radius 1 is 1.33 bits per heavy atom. The van der Waals surface area contributed by atoms with Crippen LogP contribution >= 0.6 is 0 Å². The van der Waals surface area contributed by atoms with Crippen molar-refractivity contribution >= 4 is 17.7 Å². The highest BCUT2D eigenvalue weighted by atomic mass is 16.2. The zero-order chi connectivity index (χ0) is 9.72. The number of rotatable bonds is 4. The lowest BCUT2D eigenvalue weighted by atomic mass is 10.2. The third-order valence-corrected chi connectivity index (χ3v) is 1.13. The second kappa shape index (κ2) is 4.32. The van der Waals surface area contributed by atoms with Gasteiger partial charge >= 0.3 is 0 Å². The lowest BCUT2D eigenvalue weighted by Crippen LogP contribution is -2.45. The van der Waals surface area contributed by atoms with Gasteiger partial charge in [-0.15, -0.1) is 0 Å². The van der Waals surface area contributed by atoms with Gasteiger partial charge in [-0.2, -0.15) is 0 Å². The van der Waals surface area contributed by atoms with Crippen molar-refractivity contribution < 1.29 is 14.4 Å². The molecule has 68 valence electrons. The molecule has 0 aromatic rings. The largest absolute Gasteiger partial charge is 0.370 e. The van der Waals surface area contributed by atoms with Crippen molar-refractivity contribution in [3.8, 4) is 0 Å². The fourth-order valence-electron chi connectivity index (χ4n) is 0.669. The molecule has 0 fully saturated rings. The molecule has 12 heavy (non-hydrogen) atoms. The molecular formula is C6H11N3O3. The predicted molar refractivity (Wildman–Crippen MR) is 40.6 cm³/mol. The molecule has 0 aliphatic heterocycles. The Hall–Kier alpha value is -1.59. The van der Waals surface area contributed by atoms with E-state index in [1.54, 1.807) is 0 Å². The Bertz CT molecular complexity index is 198. The van der Waals surface area contributed by atoms with Crippen molar-refractivity contribution in [2.75, 3.05) is 0 Å². The summed E-state index contributed by atoms with van der Waals surface area (Å²) in [4.78, 5) is 31.4. The monoisotopic (exact) mass is 173 g/mol. The van der Waals surface area contributed by atoms with Crippen molar-refractivity contribution in [3.63, 3.8) is 0 Å². The number of hydrogen-bond acceptors (Lipinski definition) is 3. The van der Waals surface area contributed by atoms with Crippen LogP contribution in [-0.2, 0) is 14.4 Å². The first-order valence-electron chi connectivity index (χ1n) is 3.28. The van der Waals surface area contributed by atoms with E-state index in [0.29, 0.717) is 0 Å². The molecule has 0 aromatic heterocycles. The second-order valence-corrected chi connectivity index (χ2v) is 2.33. The van der Waals surface area contributed by atoms with Crippen molar-refractivity contribution in [1.29, 1.82) is 0 Å². The maximum atomic E-state index is 10.6. The molecule has 3 amide bonds. The standard InChI is InChI=1S/C6H11N3O3/c1-3(10)9-4(6(8)12)2-5(7)11/h4H,2H2,1H3,(H2,7,11)(H2,8,12)(H,9,10)/t4-/m1/s1. The zero-order valence-corrected chi connectivity index (χ0v) is 6.66. The number of hydrogen-bond donors (Lipinski definition) is 3. The van der Waals surface area contributed by atoms with E-state index in [4.69, 9.17) is 11.5 Å². The zero-order valence-electron chi connectivity index (χ0n) is 6.66. The number of nitrogens with two attached hydrogens (primary N) is 2. The lowest BCUT2D eigenvalue weighted by Gasteiger charge is -2.11. The molecule has 0 unspecified atom stereocenters. The van der Waals surface area contributed by atoms with Gasteiger partial charge in [-0.1, -0.05) is 0 Å². The van der Waals surface area contributed by atoms with Crippen LogP contribution in [0.3, 0.4) is 0 Å². The number of primary amides is 2. The van der Waals surface area contributed by atoms with E-state index in [1.165, 1.54) is 6.92 Å². The van der Waals surface area contributed by atoms with Crippen LogP contribution in [0.15, 0.2) is 0 Å². The van der Waals surface area contributed by atoms with Crippen molar-refractivity contribution in [1.82, 2.24) is 5.32 Å². The van der Waals surface area contributed by atoms with Crippen molar-refractivity contribution in [3.05, 3.63) is 0 Å². The van der Waals surface area contributed by atoms with Gasteiger partial charge in [-0.25, -0.2) is 0 Å². The van der Waals surface area contributed by atoms with Gasteiger partial charge in [0, 0.05) is 6.92 Å². The summed E-state index contributed by atoms with van der Waals surface area (Å²) < 4.78 is 0. The van der Waals surface area contributed by atoms with Gasteiger partial charge < -0.3 is 16.8 Å². The van der Waals surface area contributed by atoms with Gasteiger partial charge in [-0.05, 0) is 0 Å². The van der Waals surface area contributed by atoms with E-state index in [2.05, 4.69) is 5.32 Å². The van der Waals surface area contributed by atoms with Crippen LogP contribution in [0.5, 0.6) is 0 Å². The van der Waals surface area contributed by atoms with Crippen LogP contribution in [0, 0.1) is 0 Å². The Kier molecular flexibility index (Phi) is 3.75. The molecule has 0 saturated carbocycles. The number of carbonyl (C=O) groups excluding carboxylic acids is 3. The minimum Gasteiger partial charge on any atom is -0.370 e. The predicted octanol–water partition coefficient (Wildman–Crippen LogP) is -2.15. The van der Waals surface area contributed by atoms with Crippen LogP contribution in [-0.4, -0.2) is 23.8 Å². The van der Waals surface area contributed by atoms with Gasteiger partial charge in [0.05, 0.1) is 6.42 Å². The summed E-state index contributed by atoms with van der Waals surface area (Å²) in [5.74, 6) is -1.89. The molecular weight excluding hydrogens is 162 g/mol. The van der Waals surface area contributed by atoms with E-state index < -0.39 is 23.8 Å². The molecule has 0 aliphatic rings. The second-order valence-electron chi connectivity index (χ2n) is 2.33. The summed E-state index contributed by atoms with van der Waals surface area (Å²) in [6.07, 6.45) is -0.269. The first-order valence-corrected chi connectivity index (χ1v) is 3.28. The molecule has 0 bridgehead atoms. The quantitative estimate of drug-likeness (QED) is 0.450. The Morgan fingerprint density at radius 2 is 1.83 bits per heavy atom. The van der Waals surface area contributed by atoms with Crippen molar-refractivity contribution in [2.45, 2.75) is 19.4 Å². The van der Waals surface area contributed by atoms with Crippen LogP contribution in [0.4, 0.5) is 0 Å². The minimum absolute atomic E-state index is 0.269. The Balaban J connectivity index is 4.14. The van der Waals surface area contributed by atoms with E-state index in [-0.39, 0.29) is 6.42 Å². The molecule has 6 nitrogen and oxygen atoms in total. The highest BCUT2D eigenvalue weighted by Crippen LogP contribution is 1.89. The first-order chi connectivity index (χ1) is 5.43. The average Bonchev–Trinajstić information content (AvgIpc) is 1.83. The molecule has 1 atom stereocenters. The highest BCUT2D eigenvalue weighted by molar-refractivity contribution is 5.90. The highest BCUT2D eigenvalue weighted by Gasteiger charge is 2.18. The van der Waals surface area contributed by atoms with Crippen LogP contribution in [0.2, 0.25) is 0 Å². The maximum Gasteiger partial charge on any atom is 0.240 e. The number of nitrogens with one attached hydrogen (secondary N) is 1. The van der Waals surface area contributed by atoms with Gasteiger partial charge in [0.1, 0.15) is 6.04 Å². The molecule has 5 N–H and O–H groups in total. The van der Waals surface area contributed by atoms with Gasteiger partial charge in [0.15, 0.2) is 0 Å². The first kappa shape index (κ1) is 10.4. The topological polar surface area (TPSA) is 115 Å². The van der Waals surface area contributed by atoms with E-state index >= 15 is 0 Å². The SMILES string of the molecule is CC(=O)N[C@H](CC(N)=O)C(N)=O. The Morgan fingerprint density at radius 3 is 2.08 bits per heavy atom. The van der Waals surface area contributed by atoms with Gasteiger partial charge in [0.2, 0.25) is 17.7 Å². The lowest BCUT2D eigenvalue weighted by molar-refractivity contribution is -0.128.